The lowest BCUT2D eigenvalue weighted by molar-refractivity contribution is -0.146. The summed E-state index contributed by atoms with van der Waals surface area (Å²) in [5, 5.41) is 0. The van der Waals surface area contributed by atoms with E-state index < -0.39 is 45.0 Å². The lowest BCUT2D eigenvalue weighted by atomic mass is 10.7. The summed E-state index contributed by atoms with van der Waals surface area (Å²) in [5.74, 6) is 0. The molecule has 12 heteroatoms. The second-order valence-corrected chi connectivity index (χ2v) is 3.14. The molecule has 0 aromatic carbocycles. The molecule has 9 nitrogen and oxygen atoms in total. The van der Waals surface area contributed by atoms with Crippen LogP contribution in [0.2, 0.25) is 0 Å². The van der Waals surface area contributed by atoms with Crippen molar-refractivity contribution in [1.82, 2.24) is 0 Å². The van der Waals surface area contributed by atoms with Crippen molar-refractivity contribution in [3.63, 3.8) is 0 Å². The zero-order chi connectivity index (χ0) is 21.8. The van der Waals surface area contributed by atoms with Crippen LogP contribution in [-0.2, 0) is 42.8 Å². The Morgan fingerprint density at radius 2 is 1.62 bits per heavy atom. The number of epoxide rings is 1. The molecule has 0 saturated carbocycles. The largest absolute Gasteiger partial charge is 0.471 e. The highest BCUT2D eigenvalue weighted by Crippen LogP contribution is 2.07. The summed E-state index contributed by atoms with van der Waals surface area (Å²) in [4.78, 5) is 28.6. The molecule has 3 atom stereocenters. The summed E-state index contributed by atoms with van der Waals surface area (Å²) in [7, 11) is 3.57. The number of ether oxygens (including phenoxy) is 6. The fourth-order valence-electron chi connectivity index (χ4n) is 0.421. The van der Waals surface area contributed by atoms with E-state index in [0.29, 0.717) is 6.61 Å². The zero-order valence-electron chi connectivity index (χ0n) is 16.2. The first-order valence-corrected chi connectivity index (χ1v) is 5.90. The minimum absolute atomic E-state index is 0.319. The van der Waals surface area contributed by atoms with Crippen LogP contribution in [0.25, 0.3) is 0 Å². The molecular weight excluding hydrogens is 345 g/mol. The molecule has 0 bridgehead atoms. The first-order valence-electron chi connectivity index (χ1n) is 7.40. The molecule has 0 spiro atoms. The molecule has 1 rings (SSSR count). The summed E-state index contributed by atoms with van der Waals surface area (Å²) in [6.45, 7) is -0.524. The number of carbonyl (C=O) groups is 3. The smallest absolute Gasteiger partial charge is 0.295 e. The molecule has 1 fully saturated rings. The van der Waals surface area contributed by atoms with Crippen LogP contribution >= 0.6 is 0 Å². The number of carbonyl (C=O) groups excluding carboxylic acids is 3. The van der Waals surface area contributed by atoms with Crippen LogP contribution in [0.3, 0.4) is 0 Å². The molecule has 0 aliphatic carbocycles. The summed E-state index contributed by atoms with van der Waals surface area (Å²) in [6.07, 6.45) is -8.00. The predicted octanol–water partition coefficient (Wildman–Crippen LogP) is 0.304. The highest BCUT2D eigenvalue weighted by molar-refractivity contribution is 5.37. The van der Waals surface area contributed by atoms with E-state index in [1.807, 2.05) is 0 Å². The number of alkyl halides is 3. The average molecular weight is 369 g/mol. The van der Waals surface area contributed by atoms with E-state index >= 15 is 0 Å². The molecule has 0 N–H and O–H groups in total. The van der Waals surface area contributed by atoms with Gasteiger partial charge in [0.05, 0.1) is 7.11 Å². The van der Waals surface area contributed by atoms with Crippen LogP contribution in [0, 0.1) is 0 Å². The monoisotopic (exact) mass is 369 g/mol. The molecule has 24 heavy (non-hydrogen) atoms. The number of methoxy groups -OCH3 is 3. The molecule has 3 unspecified atom stereocenters. The van der Waals surface area contributed by atoms with Crippen molar-refractivity contribution in [1.29, 1.82) is 0 Å². The normalized spacial score (nSPS) is 17.8. The molecule has 1 saturated heterocycles. The van der Waals surface area contributed by atoms with Gasteiger partial charge in [-0.3, -0.25) is 14.4 Å². The number of hydrogen-bond acceptors (Lipinski definition) is 9. The van der Waals surface area contributed by atoms with Crippen LogP contribution in [0.15, 0.2) is 0 Å². The standard InChI is InChI=1S/2C4H7FO3.C2H3FO.C2H4O2/c1-7-4(5)2-8-3-6;1-7-2-4(5)8-3-6;3-2-1-4-2;1-4-2-3/h2*3-4H,2H2,1H3;2H,1H2;2H,1H3/i2*3D;;2D. The van der Waals surface area contributed by atoms with Crippen molar-refractivity contribution in [2.45, 2.75) is 19.1 Å². The Balaban J connectivity index is -0.000000299. The highest BCUT2D eigenvalue weighted by atomic mass is 19.2. The minimum atomic E-state index is -1.82. The van der Waals surface area contributed by atoms with Crippen molar-refractivity contribution in [3.8, 4) is 0 Å². The van der Waals surface area contributed by atoms with Gasteiger partial charge >= 0.3 is 0 Å². The van der Waals surface area contributed by atoms with Crippen LogP contribution in [-0.4, -0.2) is 79.6 Å². The Morgan fingerprint density at radius 1 is 1.12 bits per heavy atom. The molecule has 1 aliphatic heterocycles. The molecule has 144 valence electrons. The first-order chi connectivity index (χ1) is 12.5. The third-order valence-electron chi connectivity index (χ3n) is 1.38. The van der Waals surface area contributed by atoms with Gasteiger partial charge in [-0.2, -0.15) is 4.39 Å². The molecule has 0 aromatic heterocycles. The van der Waals surface area contributed by atoms with E-state index in [-0.39, 0.29) is 6.61 Å². The van der Waals surface area contributed by atoms with Crippen molar-refractivity contribution in [2.24, 2.45) is 0 Å². The van der Waals surface area contributed by atoms with Crippen molar-refractivity contribution < 1.29 is 60.1 Å². The SMILES string of the molecule is FC1CO1.[2H]C(=O)OC.[2H]C(=O)OC(F)COC.[2H]C(=O)OCC(F)OC. The minimum Gasteiger partial charge on any atom is -0.471 e. The van der Waals surface area contributed by atoms with Crippen molar-refractivity contribution >= 4 is 19.3 Å². The molecule has 0 radical (unpaired) electrons. The Morgan fingerprint density at radius 3 is 1.88 bits per heavy atom. The van der Waals surface area contributed by atoms with Gasteiger partial charge in [0, 0.05) is 14.2 Å². The Bertz CT molecular complexity index is 404. The van der Waals surface area contributed by atoms with Gasteiger partial charge in [-0.15, -0.1) is 0 Å². The second-order valence-electron chi connectivity index (χ2n) is 3.14. The van der Waals surface area contributed by atoms with Gasteiger partial charge in [-0.05, 0) is 0 Å². The van der Waals surface area contributed by atoms with Gasteiger partial charge < -0.3 is 28.4 Å². The third-order valence-corrected chi connectivity index (χ3v) is 1.38. The van der Waals surface area contributed by atoms with Gasteiger partial charge in [0.15, 0.2) is 4.11 Å². The Hall–Kier alpha value is -1.92. The van der Waals surface area contributed by atoms with Gasteiger partial charge in [0.1, 0.15) is 19.8 Å². The maximum absolute atomic E-state index is 12.0. The summed E-state index contributed by atoms with van der Waals surface area (Å²) < 4.78 is 76.8. The fraction of sp³-hybridized carbons (Fsp3) is 0.750. The number of rotatable bonds is 6. The second kappa shape index (κ2) is 23.3. The fourth-order valence-corrected chi connectivity index (χ4v) is 0.421. The van der Waals surface area contributed by atoms with E-state index in [1.165, 1.54) is 7.11 Å². The van der Waals surface area contributed by atoms with E-state index in [1.54, 1.807) is 0 Å². The number of halogens is 3. The molecular formula is C12H21F3O9. The van der Waals surface area contributed by atoms with Gasteiger partial charge in [-0.25, -0.2) is 8.78 Å². The van der Waals surface area contributed by atoms with Crippen molar-refractivity contribution in [2.75, 3.05) is 41.2 Å². The molecule has 0 aromatic rings. The van der Waals surface area contributed by atoms with E-state index in [2.05, 4.69) is 28.4 Å². The summed E-state index contributed by atoms with van der Waals surface area (Å²) in [6, 6.07) is 0. The van der Waals surface area contributed by atoms with Gasteiger partial charge in [-0.1, -0.05) is 0 Å². The van der Waals surface area contributed by atoms with Gasteiger partial charge in [0.25, 0.3) is 25.7 Å². The summed E-state index contributed by atoms with van der Waals surface area (Å²) in [5.41, 5.74) is 0. The molecule has 1 aliphatic rings. The third kappa shape index (κ3) is 36.9. The van der Waals surface area contributed by atoms with Gasteiger partial charge in [0.2, 0.25) is 12.7 Å². The maximum Gasteiger partial charge on any atom is 0.295 e. The average Bonchev–Trinajstić information content (AvgIpc) is 3.36. The summed E-state index contributed by atoms with van der Waals surface area (Å²) >= 11 is 0. The zero-order valence-corrected chi connectivity index (χ0v) is 13.2. The quantitative estimate of drug-likeness (QED) is 0.371. The van der Waals surface area contributed by atoms with E-state index in [9.17, 15) is 27.6 Å². The lowest BCUT2D eigenvalue weighted by Gasteiger charge is -2.01. The van der Waals surface area contributed by atoms with Crippen molar-refractivity contribution in [3.05, 3.63) is 0 Å². The molecule has 1 heterocycles. The van der Waals surface area contributed by atoms with E-state index in [4.69, 9.17) is 4.11 Å². The predicted molar refractivity (Wildman–Crippen MR) is 71.8 cm³/mol. The van der Waals surface area contributed by atoms with Crippen LogP contribution in [0.1, 0.15) is 4.11 Å². The van der Waals surface area contributed by atoms with E-state index in [0.717, 1.165) is 14.2 Å². The maximum atomic E-state index is 12.0. The highest BCUT2D eigenvalue weighted by Gasteiger charge is 2.19. The van der Waals surface area contributed by atoms with Crippen LogP contribution in [0.4, 0.5) is 13.2 Å². The Kier molecular flexibility index (Phi) is 19.6. The molecule has 0 amide bonds. The number of hydrogen-bond donors (Lipinski definition) is 0. The Labute approximate surface area is 141 Å². The first kappa shape index (κ1) is 20.1. The van der Waals surface area contributed by atoms with Crippen LogP contribution in [0.5, 0.6) is 0 Å². The van der Waals surface area contributed by atoms with Crippen LogP contribution < -0.4 is 0 Å². The topological polar surface area (TPSA) is 110 Å². The lowest BCUT2D eigenvalue weighted by Crippen LogP contribution is -2.11.